The zero-order valence-electron chi connectivity index (χ0n) is 25.9. The van der Waals surface area contributed by atoms with Gasteiger partial charge in [-0.05, 0) is 90.5 Å². The average Bonchev–Trinajstić information content (AvgIpc) is 3.01. The Labute approximate surface area is 270 Å². The summed E-state index contributed by atoms with van der Waals surface area (Å²) in [6, 6.07) is 19.2. The SMILES string of the molecule is C[C@@H]1CCc2cc3ccc2[C@H]1C[C@@H](S(=O)(=O)O)[C@H](/C=C/[C@@H](O)c1ccc(O)cc1)Cc1ccc(cc1)[C@](CCCO)(N=C(N)N)O3. The highest BCUT2D eigenvalue weighted by Gasteiger charge is 2.39. The standard InChI is InChI=1S/C35H43N3O7S/c1-22-3-6-25-20-29-14-15-30(25)31(22)21-33(46(42,43)44)26(9-16-32(41)24-7-12-28(40)13-8-24)19-23-4-10-27(11-5-23)35(45-29,17-2-18-39)38-34(36)37/h4-5,7-16,20,22,26,31-33,39-41H,2-3,6,17-19,21H2,1H3,(H4,36,37,38)(H,42,43,44)/b16-9+/t22-,26-,31+,32-,33-,35-/m1/s1. The van der Waals surface area contributed by atoms with Crippen molar-refractivity contribution in [1.29, 1.82) is 0 Å². The molecular formula is C35H43N3O7S. The van der Waals surface area contributed by atoms with E-state index in [1.807, 2.05) is 42.5 Å². The molecule has 0 amide bonds. The third-order valence-electron chi connectivity index (χ3n) is 9.34. The zero-order valence-corrected chi connectivity index (χ0v) is 26.7. The molecule has 8 N–H and O–H groups in total. The summed E-state index contributed by atoms with van der Waals surface area (Å²) in [6.07, 6.45) is 4.84. The smallest absolute Gasteiger partial charge is 0.268 e. The van der Waals surface area contributed by atoms with Gasteiger partial charge in [0.05, 0.1) is 11.4 Å². The first kappa shape index (κ1) is 33.5. The van der Waals surface area contributed by atoms with E-state index in [4.69, 9.17) is 16.2 Å². The number of phenols is 1. The number of ether oxygens (including phenoxy) is 1. The Balaban J connectivity index is 1.66. The van der Waals surface area contributed by atoms with Crippen LogP contribution in [0.3, 0.4) is 0 Å². The number of benzene rings is 3. The molecule has 3 aromatic carbocycles. The summed E-state index contributed by atoms with van der Waals surface area (Å²) in [5.41, 5.74) is 14.5. The molecule has 0 spiro atoms. The first-order chi connectivity index (χ1) is 21.9. The second-order valence-electron chi connectivity index (χ2n) is 12.5. The van der Waals surface area contributed by atoms with Crippen molar-refractivity contribution in [1.82, 2.24) is 0 Å². The van der Waals surface area contributed by atoms with E-state index < -0.39 is 33.1 Å². The molecule has 0 unspecified atom stereocenters. The molecule has 6 bridgehead atoms. The first-order valence-corrected chi connectivity index (χ1v) is 17.1. The number of fused-ring (bicyclic) bond motifs is 2. The monoisotopic (exact) mass is 649 g/mol. The van der Waals surface area contributed by atoms with Gasteiger partial charge < -0.3 is 31.5 Å². The Morgan fingerprint density at radius 3 is 2.48 bits per heavy atom. The summed E-state index contributed by atoms with van der Waals surface area (Å²) >= 11 is 0. The molecule has 46 heavy (non-hydrogen) atoms. The van der Waals surface area contributed by atoms with Crippen LogP contribution in [0.2, 0.25) is 0 Å². The number of aromatic hydroxyl groups is 1. The molecule has 0 saturated carbocycles. The molecule has 0 radical (unpaired) electrons. The number of hydrogen-bond acceptors (Lipinski definition) is 7. The van der Waals surface area contributed by atoms with Crippen LogP contribution < -0.4 is 16.2 Å². The molecule has 10 nitrogen and oxygen atoms in total. The molecule has 0 fully saturated rings. The van der Waals surface area contributed by atoms with Crippen LogP contribution in [0.15, 0.2) is 83.9 Å². The minimum atomic E-state index is -4.53. The Hall–Kier alpha value is -3.90. The number of aryl methyl sites for hydroxylation is 1. The first-order valence-electron chi connectivity index (χ1n) is 15.6. The Morgan fingerprint density at radius 2 is 1.83 bits per heavy atom. The predicted octanol–water partition coefficient (Wildman–Crippen LogP) is 4.44. The van der Waals surface area contributed by atoms with Crippen LogP contribution in [-0.2, 0) is 28.7 Å². The highest BCUT2D eigenvalue weighted by Crippen LogP contribution is 2.44. The normalized spacial score (nSPS) is 25.4. The number of rotatable bonds is 8. The van der Waals surface area contributed by atoms with Crippen LogP contribution >= 0.6 is 0 Å². The lowest BCUT2D eigenvalue weighted by Crippen LogP contribution is -2.37. The van der Waals surface area contributed by atoms with E-state index in [1.165, 1.54) is 18.2 Å². The molecule has 1 aliphatic carbocycles. The van der Waals surface area contributed by atoms with Crippen LogP contribution in [0.1, 0.15) is 72.4 Å². The van der Waals surface area contributed by atoms with Gasteiger partial charge >= 0.3 is 0 Å². The topological polar surface area (TPSA) is 189 Å². The molecule has 3 heterocycles. The van der Waals surface area contributed by atoms with Gasteiger partial charge in [-0.15, -0.1) is 0 Å². The van der Waals surface area contributed by atoms with Crippen molar-refractivity contribution < 1.29 is 33.0 Å². The van der Waals surface area contributed by atoms with Gasteiger partial charge in [-0.25, -0.2) is 4.99 Å². The quantitative estimate of drug-likeness (QED) is 0.0887. The van der Waals surface area contributed by atoms with E-state index in [1.54, 1.807) is 18.2 Å². The van der Waals surface area contributed by atoms with Gasteiger partial charge in [0, 0.05) is 24.5 Å². The second kappa shape index (κ2) is 13.8. The van der Waals surface area contributed by atoms with Crippen molar-refractivity contribution in [2.24, 2.45) is 28.3 Å². The van der Waals surface area contributed by atoms with Crippen molar-refractivity contribution in [2.75, 3.05) is 6.61 Å². The van der Waals surface area contributed by atoms with Gasteiger partial charge in [-0.1, -0.05) is 61.5 Å². The minimum Gasteiger partial charge on any atom is -0.508 e. The highest BCUT2D eigenvalue weighted by atomic mass is 32.2. The van der Waals surface area contributed by atoms with Crippen molar-refractivity contribution in [2.45, 2.75) is 68.4 Å². The Morgan fingerprint density at radius 1 is 1.11 bits per heavy atom. The van der Waals surface area contributed by atoms with Crippen molar-refractivity contribution in [3.05, 3.63) is 107 Å². The summed E-state index contributed by atoms with van der Waals surface area (Å²) in [7, 11) is -4.53. The van der Waals surface area contributed by atoms with E-state index in [9.17, 15) is 28.3 Å². The Kier molecular flexibility index (Phi) is 10.1. The largest absolute Gasteiger partial charge is 0.508 e. The number of hydrogen-bond donors (Lipinski definition) is 6. The van der Waals surface area contributed by atoms with Gasteiger partial charge in [0.25, 0.3) is 10.1 Å². The Bertz CT molecular complexity index is 1670. The van der Waals surface area contributed by atoms with E-state index in [0.29, 0.717) is 29.7 Å². The highest BCUT2D eigenvalue weighted by molar-refractivity contribution is 7.86. The van der Waals surface area contributed by atoms with Gasteiger partial charge in [0.15, 0.2) is 5.96 Å². The molecule has 3 aromatic rings. The molecule has 3 aliphatic heterocycles. The third kappa shape index (κ3) is 7.55. The molecule has 11 heteroatoms. The minimum absolute atomic E-state index is 0.0660. The number of phenolic OH excluding ortho intramolecular Hbond substituents is 1. The van der Waals surface area contributed by atoms with Crippen LogP contribution in [0.4, 0.5) is 0 Å². The average molecular weight is 650 g/mol. The third-order valence-corrected chi connectivity index (χ3v) is 10.6. The fraction of sp³-hybridized carbons (Fsp3) is 0.400. The zero-order chi connectivity index (χ0) is 33.1. The van der Waals surface area contributed by atoms with Gasteiger partial charge in [-0.3, -0.25) is 4.55 Å². The summed E-state index contributed by atoms with van der Waals surface area (Å²) in [6.45, 7) is 2.01. The second-order valence-corrected chi connectivity index (χ2v) is 14.1. The van der Waals surface area contributed by atoms with E-state index >= 15 is 0 Å². The summed E-state index contributed by atoms with van der Waals surface area (Å²) in [4.78, 5) is 4.55. The lowest BCUT2D eigenvalue weighted by atomic mass is 9.72. The maximum Gasteiger partial charge on any atom is 0.268 e. The number of allylic oxidation sites excluding steroid dienone is 1. The number of nitrogens with zero attached hydrogens (tertiary/aromatic N) is 1. The fourth-order valence-corrected chi connectivity index (χ4v) is 7.97. The van der Waals surface area contributed by atoms with Crippen LogP contribution in [-0.4, -0.2) is 46.1 Å². The number of aliphatic hydroxyl groups is 2. The molecule has 6 atom stereocenters. The van der Waals surface area contributed by atoms with Crippen molar-refractivity contribution in [3.8, 4) is 11.5 Å². The van der Waals surface area contributed by atoms with Crippen molar-refractivity contribution in [3.63, 3.8) is 0 Å². The number of guanidine groups is 1. The van der Waals surface area contributed by atoms with E-state index in [0.717, 1.165) is 29.5 Å². The number of aliphatic imine (C=N–C) groups is 1. The fourth-order valence-electron chi connectivity index (χ4n) is 6.89. The van der Waals surface area contributed by atoms with Gasteiger partial charge in [0.2, 0.25) is 5.72 Å². The maximum absolute atomic E-state index is 13.2. The van der Waals surface area contributed by atoms with Crippen LogP contribution in [0, 0.1) is 11.8 Å². The lowest BCUT2D eigenvalue weighted by Gasteiger charge is -2.35. The van der Waals surface area contributed by atoms with Crippen LogP contribution in [0.25, 0.3) is 0 Å². The number of aliphatic hydroxyl groups excluding tert-OH is 2. The van der Waals surface area contributed by atoms with E-state index in [-0.39, 0.29) is 43.0 Å². The summed E-state index contributed by atoms with van der Waals surface area (Å²) < 4.78 is 43.7. The molecule has 4 aliphatic rings. The number of nitrogens with two attached hydrogens (primary N) is 2. The lowest BCUT2D eigenvalue weighted by molar-refractivity contribution is 0.0575. The predicted molar refractivity (Wildman–Crippen MR) is 177 cm³/mol. The maximum atomic E-state index is 13.2. The van der Waals surface area contributed by atoms with Crippen LogP contribution in [0.5, 0.6) is 11.5 Å². The van der Waals surface area contributed by atoms with Gasteiger partial charge in [0.1, 0.15) is 11.5 Å². The van der Waals surface area contributed by atoms with Crippen molar-refractivity contribution >= 4 is 16.1 Å². The molecule has 0 saturated heterocycles. The molecule has 246 valence electrons. The summed E-state index contributed by atoms with van der Waals surface area (Å²) in [5, 5.41) is 29.2. The molecular weight excluding hydrogens is 606 g/mol. The summed E-state index contributed by atoms with van der Waals surface area (Å²) in [5.74, 6) is -0.259. The molecule has 7 rings (SSSR count). The van der Waals surface area contributed by atoms with Gasteiger partial charge in [-0.2, -0.15) is 8.42 Å². The molecule has 0 aromatic heterocycles. The van der Waals surface area contributed by atoms with E-state index in [2.05, 4.69) is 11.9 Å².